The summed E-state index contributed by atoms with van der Waals surface area (Å²) in [5.74, 6) is 0.478. The zero-order valence-electron chi connectivity index (χ0n) is 17.1. The molecule has 7 heteroatoms. The molecule has 3 rings (SSSR count). The van der Waals surface area contributed by atoms with Gasteiger partial charge in [-0.1, -0.05) is 42.5 Å². The van der Waals surface area contributed by atoms with Crippen molar-refractivity contribution in [2.75, 3.05) is 39.8 Å². The molecule has 0 aliphatic carbocycles. The van der Waals surface area contributed by atoms with Gasteiger partial charge in [0.25, 0.3) is 0 Å². The molecule has 1 aliphatic heterocycles. The highest BCUT2D eigenvalue weighted by atomic mass is 16.5. The average molecular weight is 406 g/mol. The molecular weight excluding hydrogens is 380 g/mol. The van der Waals surface area contributed by atoms with Crippen molar-refractivity contribution in [2.24, 2.45) is 0 Å². The van der Waals surface area contributed by atoms with Gasteiger partial charge >= 0.3 is 0 Å². The summed E-state index contributed by atoms with van der Waals surface area (Å²) in [6, 6.07) is 18.9. The third-order valence-corrected chi connectivity index (χ3v) is 5.23. The SMILES string of the molecule is COc1ccc(C(C#N)N2CCN(C(=O)CNC(=O)Cc3ccccc3)CC2)cc1. The molecule has 2 aromatic rings. The number of hydrogen-bond donors (Lipinski definition) is 1. The maximum atomic E-state index is 12.5. The fourth-order valence-electron chi connectivity index (χ4n) is 3.51. The van der Waals surface area contributed by atoms with Gasteiger partial charge in [-0.25, -0.2) is 0 Å². The van der Waals surface area contributed by atoms with E-state index in [0.29, 0.717) is 26.2 Å². The lowest BCUT2D eigenvalue weighted by atomic mass is 10.1. The molecular formula is C23H26N4O3. The van der Waals surface area contributed by atoms with Crippen LogP contribution in [-0.2, 0) is 16.0 Å². The molecule has 7 nitrogen and oxygen atoms in total. The monoisotopic (exact) mass is 406 g/mol. The number of ether oxygens (including phenoxy) is 1. The largest absolute Gasteiger partial charge is 0.497 e. The predicted molar refractivity (Wildman–Crippen MR) is 113 cm³/mol. The third kappa shape index (κ3) is 5.58. The lowest BCUT2D eigenvalue weighted by molar-refractivity contribution is -0.134. The molecule has 1 fully saturated rings. The van der Waals surface area contributed by atoms with Gasteiger partial charge in [0.1, 0.15) is 11.8 Å². The van der Waals surface area contributed by atoms with E-state index >= 15 is 0 Å². The van der Waals surface area contributed by atoms with Crippen LogP contribution in [0, 0.1) is 11.3 Å². The van der Waals surface area contributed by atoms with Crippen LogP contribution in [0.2, 0.25) is 0 Å². The van der Waals surface area contributed by atoms with Crippen LogP contribution in [0.3, 0.4) is 0 Å². The predicted octanol–water partition coefficient (Wildman–Crippen LogP) is 1.76. The van der Waals surface area contributed by atoms with Crippen LogP contribution in [0.5, 0.6) is 5.75 Å². The Kier molecular flexibility index (Phi) is 7.41. The minimum absolute atomic E-state index is 0.00811. The van der Waals surface area contributed by atoms with E-state index in [4.69, 9.17) is 4.74 Å². The van der Waals surface area contributed by atoms with Crippen molar-refractivity contribution in [3.63, 3.8) is 0 Å². The highest BCUT2D eigenvalue weighted by Crippen LogP contribution is 2.23. The summed E-state index contributed by atoms with van der Waals surface area (Å²) in [5.41, 5.74) is 1.82. The first kappa shape index (κ1) is 21.3. The molecule has 1 unspecified atom stereocenters. The average Bonchev–Trinajstić information content (AvgIpc) is 2.79. The molecule has 1 atom stereocenters. The van der Waals surface area contributed by atoms with E-state index in [0.717, 1.165) is 16.9 Å². The Morgan fingerprint density at radius 1 is 1.07 bits per heavy atom. The molecule has 1 aliphatic rings. The van der Waals surface area contributed by atoms with Crippen LogP contribution in [0.25, 0.3) is 0 Å². The molecule has 156 valence electrons. The van der Waals surface area contributed by atoms with Gasteiger partial charge in [-0.15, -0.1) is 0 Å². The van der Waals surface area contributed by atoms with Crippen LogP contribution in [0.4, 0.5) is 0 Å². The normalized spacial score (nSPS) is 15.1. The number of amides is 2. The van der Waals surface area contributed by atoms with E-state index in [1.165, 1.54) is 0 Å². The lowest BCUT2D eigenvalue weighted by Crippen LogP contribution is -2.51. The first-order chi connectivity index (χ1) is 14.6. The number of hydrogen-bond acceptors (Lipinski definition) is 5. The molecule has 1 heterocycles. The van der Waals surface area contributed by atoms with Crippen LogP contribution in [-0.4, -0.2) is 61.4 Å². The molecule has 30 heavy (non-hydrogen) atoms. The minimum atomic E-state index is -0.362. The Labute approximate surface area is 176 Å². The Balaban J connectivity index is 1.46. The Morgan fingerprint density at radius 3 is 2.33 bits per heavy atom. The van der Waals surface area contributed by atoms with Gasteiger partial charge in [-0.05, 0) is 23.3 Å². The summed E-state index contributed by atoms with van der Waals surface area (Å²) in [5, 5.41) is 12.4. The van der Waals surface area contributed by atoms with E-state index in [1.54, 1.807) is 12.0 Å². The van der Waals surface area contributed by atoms with Crippen LogP contribution in [0.1, 0.15) is 17.2 Å². The van der Waals surface area contributed by atoms with Gasteiger partial charge in [-0.3, -0.25) is 14.5 Å². The van der Waals surface area contributed by atoms with Crippen molar-refractivity contribution >= 4 is 11.8 Å². The maximum Gasteiger partial charge on any atom is 0.242 e. The summed E-state index contributed by atoms with van der Waals surface area (Å²) in [4.78, 5) is 28.3. The number of carbonyl (C=O) groups is 2. The summed E-state index contributed by atoms with van der Waals surface area (Å²) >= 11 is 0. The second-order valence-electron chi connectivity index (χ2n) is 7.16. The fourth-order valence-corrected chi connectivity index (χ4v) is 3.51. The molecule has 0 spiro atoms. The summed E-state index contributed by atoms with van der Waals surface area (Å²) < 4.78 is 5.17. The summed E-state index contributed by atoms with van der Waals surface area (Å²) in [7, 11) is 1.61. The van der Waals surface area contributed by atoms with Crippen molar-refractivity contribution in [1.29, 1.82) is 5.26 Å². The number of nitrogens with one attached hydrogen (secondary N) is 1. The van der Waals surface area contributed by atoms with Crippen molar-refractivity contribution in [3.05, 3.63) is 65.7 Å². The molecule has 0 bridgehead atoms. The van der Waals surface area contributed by atoms with E-state index in [1.807, 2.05) is 54.6 Å². The standard InChI is InChI=1S/C23H26N4O3/c1-30-20-9-7-19(8-10-20)21(16-24)26-11-13-27(14-12-26)23(29)17-25-22(28)15-18-5-3-2-4-6-18/h2-10,21H,11-15,17H2,1H3,(H,25,28). The van der Waals surface area contributed by atoms with Crippen LogP contribution in [0.15, 0.2) is 54.6 Å². The number of piperazine rings is 1. The lowest BCUT2D eigenvalue weighted by Gasteiger charge is -2.37. The maximum absolute atomic E-state index is 12.5. The Morgan fingerprint density at radius 2 is 1.73 bits per heavy atom. The number of nitriles is 1. The second-order valence-corrected chi connectivity index (χ2v) is 7.16. The summed E-state index contributed by atoms with van der Waals surface area (Å²) in [6.45, 7) is 2.26. The number of methoxy groups -OCH3 is 1. The highest BCUT2D eigenvalue weighted by molar-refractivity contribution is 5.85. The Bertz CT molecular complexity index is 885. The molecule has 2 amide bonds. The van der Waals surface area contributed by atoms with E-state index in [2.05, 4.69) is 16.3 Å². The first-order valence-electron chi connectivity index (χ1n) is 9.96. The van der Waals surface area contributed by atoms with Gasteiger partial charge in [0, 0.05) is 26.2 Å². The molecule has 0 radical (unpaired) electrons. The van der Waals surface area contributed by atoms with E-state index in [9.17, 15) is 14.9 Å². The zero-order valence-corrected chi connectivity index (χ0v) is 17.1. The minimum Gasteiger partial charge on any atom is -0.497 e. The van der Waals surface area contributed by atoms with Crippen molar-refractivity contribution in [3.8, 4) is 11.8 Å². The van der Waals surface area contributed by atoms with Gasteiger partial charge in [0.15, 0.2) is 0 Å². The van der Waals surface area contributed by atoms with Gasteiger partial charge < -0.3 is 15.0 Å². The van der Waals surface area contributed by atoms with E-state index < -0.39 is 0 Å². The van der Waals surface area contributed by atoms with Crippen LogP contribution < -0.4 is 10.1 Å². The van der Waals surface area contributed by atoms with Gasteiger partial charge in [0.2, 0.25) is 11.8 Å². The second kappa shape index (κ2) is 10.4. The van der Waals surface area contributed by atoms with Gasteiger partial charge in [0.05, 0.1) is 26.1 Å². The number of rotatable bonds is 7. The van der Waals surface area contributed by atoms with Crippen molar-refractivity contribution in [2.45, 2.75) is 12.5 Å². The number of carbonyl (C=O) groups excluding carboxylic acids is 2. The Hall–Kier alpha value is -3.37. The highest BCUT2D eigenvalue weighted by Gasteiger charge is 2.27. The van der Waals surface area contributed by atoms with Crippen molar-refractivity contribution < 1.29 is 14.3 Å². The smallest absolute Gasteiger partial charge is 0.242 e. The molecule has 1 saturated heterocycles. The molecule has 1 N–H and O–H groups in total. The topological polar surface area (TPSA) is 85.7 Å². The molecule has 0 aromatic heterocycles. The molecule has 2 aromatic carbocycles. The third-order valence-electron chi connectivity index (χ3n) is 5.23. The number of benzene rings is 2. The number of nitrogens with zero attached hydrogens (tertiary/aromatic N) is 3. The quantitative estimate of drug-likeness (QED) is 0.757. The van der Waals surface area contributed by atoms with Gasteiger partial charge in [-0.2, -0.15) is 5.26 Å². The molecule has 0 saturated carbocycles. The zero-order chi connectivity index (χ0) is 21.3. The van der Waals surface area contributed by atoms with Crippen molar-refractivity contribution in [1.82, 2.24) is 15.1 Å². The fraction of sp³-hybridized carbons (Fsp3) is 0.348. The summed E-state index contributed by atoms with van der Waals surface area (Å²) in [6.07, 6.45) is 0.258. The van der Waals surface area contributed by atoms with Crippen LogP contribution >= 0.6 is 0 Å². The van der Waals surface area contributed by atoms with E-state index in [-0.39, 0.29) is 30.8 Å². The first-order valence-corrected chi connectivity index (χ1v) is 9.96.